The van der Waals surface area contributed by atoms with Crippen molar-refractivity contribution in [2.75, 3.05) is 25.1 Å². The summed E-state index contributed by atoms with van der Waals surface area (Å²) in [4.78, 5) is 17.6. The highest BCUT2D eigenvalue weighted by Gasteiger charge is 2.51. The van der Waals surface area contributed by atoms with Crippen LogP contribution in [0.15, 0.2) is 42.5 Å². The van der Waals surface area contributed by atoms with Gasteiger partial charge in [0.1, 0.15) is 5.75 Å². The summed E-state index contributed by atoms with van der Waals surface area (Å²) in [5, 5.41) is 3.88. The molecule has 0 saturated carbocycles. The molecule has 4 atom stereocenters. The summed E-state index contributed by atoms with van der Waals surface area (Å²) in [6.45, 7) is 1.78. The number of amides is 1. The number of ether oxygens (including phenoxy) is 1. The molecule has 0 aromatic heterocycles. The van der Waals surface area contributed by atoms with Crippen LogP contribution in [0, 0.1) is 0 Å². The molecular weight excluding hydrogens is 410 g/mol. The number of para-hydroxylation sites is 1. The minimum atomic E-state index is 0.177. The van der Waals surface area contributed by atoms with Gasteiger partial charge in [-0.1, -0.05) is 24.3 Å². The van der Waals surface area contributed by atoms with Crippen LogP contribution in [0.1, 0.15) is 66.4 Å². The second kappa shape index (κ2) is 8.68. The van der Waals surface area contributed by atoms with Gasteiger partial charge in [-0.05, 0) is 80.7 Å². The average Bonchev–Trinajstić information content (AvgIpc) is 2.89. The molecule has 6 saturated heterocycles. The van der Waals surface area contributed by atoms with Gasteiger partial charge in [-0.15, -0.1) is 0 Å². The van der Waals surface area contributed by atoms with E-state index in [0.29, 0.717) is 24.2 Å². The van der Waals surface area contributed by atoms with E-state index in [1.165, 1.54) is 48.9 Å². The smallest absolute Gasteiger partial charge is 0.253 e. The van der Waals surface area contributed by atoms with E-state index in [0.717, 1.165) is 43.7 Å². The van der Waals surface area contributed by atoms with Gasteiger partial charge in [0.2, 0.25) is 0 Å². The molecule has 8 rings (SSSR count). The fourth-order valence-electron chi connectivity index (χ4n) is 6.83. The summed E-state index contributed by atoms with van der Waals surface area (Å²) < 4.78 is 5.90. The molecule has 0 aliphatic carbocycles. The van der Waals surface area contributed by atoms with Crippen molar-refractivity contribution >= 4 is 11.6 Å². The minimum Gasteiger partial charge on any atom is -0.495 e. The van der Waals surface area contributed by atoms with Crippen LogP contribution in [0.5, 0.6) is 5.75 Å². The number of hydrogen-bond donors (Lipinski definition) is 1. The van der Waals surface area contributed by atoms with Crippen LogP contribution in [-0.4, -0.2) is 55.2 Å². The molecule has 6 fully saturated rings. The van der Waals surface area contributed by atoms with Gasteiger partial charge in [-0.2, -0.15) is 0 Å². The first kappa shape index (κ1) is 21.0. The predicted molar refractivity (Wildman–Crippen MR) is 131 cm³/mol. The maximum atomic E-state index is 12.9. The third kappa shape index (κ3) is 3.71. The Balaban J connectivity index is 1.27. The van der Waals surface area contributed by atoms with Crippen molar-refractivity contribution in [3.8, 4) is 5.75 Å². The first-order valence-electron chi connectivity index (χ1n) is 12.8. The molecule has 4 bridgehead atoms. The molecule has 5 heteroatoms. The molecule has 6 aliphatic rings. The van der Waals surface area contributed by atoms with Crippen LogP contribution < -0.4 is 15.0 Å². The van der Waals surface area contributed by atoms with E-state index in [9.17, 15) is 4.79 Å². The lowest BCUT2D eigenvalue weighted by Crippen LogP contribution is -2.74. The second-order valence-corrected chi connectivity index (χ2v) is 10.3. The highest BCUT2D eigenvalue weighted by atomic mass is 16.5. The van der Waals surface area contributed by atoms with Gasteiger partial charge >= 0.3 is 0 Å². The topological polar surface area (TPSA) is 44.8 Å². The standard InChI is InChI=1S/C28H35N3O2/c1-33-26-7-5-6-21(27(26)31-24-14-12-22-25(31)15-13-23(24)29-22)18-19-8-10-20(11-9-19)28(32)30-16-3-2-4-17-30/h5-11,22-25,29H,2-4,12-18H2,1H3. The van der Waals surface area contributed by atoms with E-state index in [2.05, 4.69) is 40.5 Å². The van der Waals surface area contributed by atoms with Crippen molar-refractivity contribution in [2.24, 2.45) is 0 Å². The second-order valence-electron chi connectivity index (χ2n) is 10.3. The maximum Gasteiger partial charge on any atom is 0.253 e. The fraction of sp³-hybridized carbons (Fsp3) is 0.536. The van der Waals surface area contributed by atoms with E-state index in [1.807, 2.05) is 17.0 Å². The van der Waals surface area contributed by atoms with Gasteiger partial charge in [0, 0.05) is 42.8 Å². The minimum absolute atomic E-state index is 0.177. The van der Waals surface area contributed by atoms with Crippen LogP contribution >= 0.6 is 0 Å². The summed E-state index contributed by atoms with van der Waals surface area (Å²) in [5.41, 5.74) is 4.66. The number of rotatable bonds is 5. The zero-order chi connectivity index (χ0) is 22.4. The number of nitrogens with one attached hydrogen (secondary N) is 1. The molecule has 2 aromatic carbocycles. The number of anilines is 1. The summed E-state index contributed by atoms with van der Waals surface area (Å²) >= 11 is 0. The Hall–Kier alpha value is -2.53. The summed E-state index contributed by atoms with van der Waals surface area (Å²) in [5.74, 6) is 1.17. The third-order valence-electron chi connectivity index (χ3n) is 8.42. The number of piperidine rings is 5. The van der Waals surface area contributed by atoms with Crippen LogP contribution in [0.25, 0.3) is 0 Å². The lowest BCUT2D eigenvalue weighted by atomic mass is 9.72. The largest absolute Gasteiger partial charge is 0.495 e. The Morgan fingerprint density at radius 2 is 1.64 bits per heavy atom. The fourth-order valence-corrected chi connectivity index (χ4v) is 6.83. The molecule has 6 aliphatic heterocycles. The number of likely N-dealkylation sites (tertiary alicyclic amines) is 1. The van der Waals surface area contributed by atoms with Crippen molar-refractivity contribution in [1.82, 2.24) is 10.2 Å². The number of fused-ring (bicyclic) bond motifs is 2. The Morgan fingerprint density at radius 3 is 2.30 bits per heavy atom. The number of benzene rings is 2. The molecule has 174 valence electrons. The first-order valence-corrected chi connectivity index (χ1v) is 12.8. The van der Waals surface area contributed by atoms with Crippen LogP contribution in [0.4, 0.5) is 5.69 Å². The number of nitrogens with zero attached hydrogens (tertiary/aromatic N) is 2. The number of piperazine rings is 1. The molecule has 0 spiro atoms. The van der Waals surface area contributed by atoms with Crippen LogP contribution in [0.3, 0.4) is 0 Å². The molecule has 2 aromatic rings. The van der Waals surface area contributed by atoms with E-state index in [1.54, 1.807) is 7.11 Å². The zero-order valence-corrected chi connectivity index (χ0v) is 19.6. The van der Waals surface area contributed by atoms with Crippen molar-refractivity contribution in [1.29, 1.82) is 0 Å². The van der Waals surface area contributed by atoms with Gasteiger partial charge in [0.05, 0.1) is 12.8 Å². The van der Waals surface area contributed by atoms with Crippen LogP contribution in [0.2, 0.25) is 0 Å². The molecule has 6 heterocycles. The predicted octanol–water partition coefficient (Wildman–Crippen LogP) is 4.38. The number of methoxy groups -OCH3 is 1. The Labute approximate surface area is 197 Å². The summed E-state index contributed by atoms with van der Waals surface area (Å²) in [6, 6.07) is 17.1. The Morgan fingerprint density at radius 1 is 0.939 bits per heavy atom. The normalized spacial score (nSPS) is 28.3. The summed E-state index contributed by atoms with van der Waals surface area (Å²) in [7, 11) is 1.79. The van der Waals surface area contributed by atoms with Gasteiger partial charge in [0.15, 0.2) is 0 Å². The number of carbonyl (C=O) groups is 1. The number of hydrogen-bond acceptors (Lipinski definition) is 4. The van der Waals surface area contributed by atoms with Gasteiger partial charge < -0.3 is 19.9 Å². The van der Waals surface area contributed by atoms with E-state index < -0.39 is 0 Å². The first-order chi connectivity index (χ1) is 16.2. The highest BCUT2D eigenvalue weighted by Crippen LogP contribution is 2.47. The van der Waals surface area contributed by atoms with Crippen LogP contribution in [-0.2, 0) is 6.42 Å². The van der Waals surface area contributed by atoms with Crippen molar-refractivity contribution in [3.63, 3.8) is 0 Å². The lowest BCUT2D eigenvalue weighted by Gasteiger charge is -2.61. The number of carbonyl (C=O) groups excluding carboxylic acids is 1. The Kier molecular flexibility index (Phi) is 5.53. The van der Waals surface area contributed by atoms with Gasteiger partial charge in [0.25, 0.3) is 5.91 Å². The lowest BCUT2D eigenvalue weighted by molar-refractivity contribution is 0.0724. The molecule has 5 nitrogen and oxygen atoms in total. The SMILES string of the molecule is COc1cccc(Cc2ccc(C(=O)N3CCCCC3)cc2)c1N1C2CCC3NC2CCC31. The van der Waals surface area contributed by atoms with E-state index in [-0.39, 0.29) is 5.91 Å². The summed E-state index contributed by atoms with van der Waals surface area (Å²) in [6.07, 6.45) is 9.45. The van der Waals surface area contributed by atoms with Crippen molar-refractivity contribution in [3.05, 3.63) is 59.2 Å². The molecule has 33 heavy (non-hydrogen) atoms. The van der Waals surface area contributed by atoms with Gasteiger partial charge in [-0.3, -0.25) is 4.79 Å². The third-order valence-corrected chi connectivity index (χ3v) is 8.42. The average molecular weight is 446 g/mol. The Bertz CT molecular complexity index is 996. The molecule has 1 amide bonds. The van der Waals surface area contributed by atoms with E-state index in [4.69, 9.17) is 4.74 Å². The maximum absolute atomic E-state index is 12.9. The quantitative estimate of drug-likeness (QED) is 0.742. The van der Waals surface area contributed by atoms with E-state index >= 15 is 0 Å². The zero-order valence-electron chi connectivity index (χ0n) is 19.6. The molecular formula is C28H35N3O2. The van der Waals surface area contributed by atoms with Gasteiger partial charge in [-0.25, -0.2) is 0 Å². The monoisotopic (exact) mass is 445 g/mol. The molecule has 4 unspecified atom stereocenters. The van der Waals surface area contributed by atoms with Crippen molar-refractivity contribution in [2.45, 2.75) is 75.5 Å². The highest BCUT2D eigenvalue weighted by molar-refractivity contribution is 5.94. The molecule has 1 N–H and O–H groups in total. The molecule has 0 radical (unpaired) electrons. The van der Waals surface area contributed by atoms with Crippen molar-refractivity contribution < 1.29 is 9.53 Å².